The number of halogens is 1. The van der Waals surface area contributed by atoms with Gasteiger partial charge in [-0.25, -0.2) is 19.3 Å². The molecule has 0 fully saturated rings. The second-order valence-electron chi connectivity index (χ2n) is 8.09. The van der Waals surface area contributed by atoms with Crippen LogP contribution in [-0.4, -0.2) is 30.4 Å². The number of ether oxygens (including phenoxy) is 1. The molecule has 0 radical (unpaired) electrons. The summed E-state index contributed by atoms with van der Waals surface area (Å²) in [4.78, 5) is 41.9. The molecule has 4 aromatic heterocycles. The number of aromatic nitrogens is 5. The lowest BCUT2D eigenvalue weighted by Crippen LogP contribution is -2.24. The Kier molecular flexibility index (Phi) is 5.38. The summed E-state index contributed by atoms with van der Waals surface area (Å²) in [6.45, 7) is 0. The summed E-state index contributed by atoms with van der Waals surface area (Å²) in [5, 5.41) is 3.76. The monoisotopic (exact) mass is 492 g/mol. The Bertz CT molecular complexity index is 1830. The summed E-state index contributed by atoms with van der Waals surface area (Å²) in [5.41, 5.74) is 1.50. The molecular formula is C27H17FN6O3. The number of aromatic amines is 1. The van der Waals surface area contributed by atoms with E-state index < -0.39 is 17.2 Å². The number of anilines is 1. The number of carbonyl (C=O) groups excluding carboxylic acids is 1. The fraction of sp³-hybridized carbons (Fsp3) is 0. The third kappa shape index (κ3) is 4.16. The molecule has 0 bridgehead atoms. The highest BCUT2D eigenvalue weighted by Crippen LogP contribution is 2.27. The molecule has 6 rings (SSSR count). The van der Waals surface area contributed by atoms with Crippen LogP contribution in [0.25, 0.3) is 27.8 Å². The first-order valence-electron chi connectivity index (χ1n) is 11.2. The van der Waals surface area contributed by atoms with Crippen molar-refractivity contribution in [3.8, 4) is 17.3 Å². The molecular weight excluding hydrogens is 475 g/mol. The Hall–Kier alpha value is -5.38. The molecule has 0 aliphatic carbocycles. The van der Waals surface area contributed by atoms with E-state index in [4.69, 9.17) is 4.74 Å². The van der Waals surface area contributed by atoms with Crippen molar-refractivity contribution in [1.82, 2.24) is 24.5 Å². The molecule has 37 heavy (non-hydrogen) atoms. The second-order valence-corrected chi connectivity index (χ2v) is 8.09. The summed E-state index contributed by atoms with van der Waals surface area (Å²) in [6.07, 6.45) is 6.11. The molecule has 0 saturated heterocycles. The first kappa shape index (κ1) is 22.1. The van der Waals surface area contributed by atoms with Crippen molar-refractivity contribution in [2.24, 2.45) is 0 Å². The van der Waals surface area contributed by atoms with Crippen LogP contribution in [0.2, 0.25) is 0 Å². The van der Waals surface area contributed by atoms with Crippen LogP contribution in [0.15, 0.2) is 96.4 Å². The Morgan fingerprint density at radius 2 is 1.76 bits per heavy atom. The van der Waals surface area contributed by atoms with Gasteiger partial charge in [0.1, 0.15) is 34.8 Å². The lowest BCUT2D eigenvalue weighted by atomic mass is 10.1. The number of rotatable bonds is 5. The van der Waals surface area contributed by atoms with Crippen LogP contribution in [-0.2, 0) is 0 Å². The zero-order chi connectivity index (χ0) is 25.4. The average Bonchev–Trinajstić information content (AvgIpc) is 3.41. The van der Waals surface area contributed by atoms with E-state index in [0.29, 0.717) is 34.3 Å². The molecule has 2 N–H and O–H groups in total. The van der Waals surface area contributed by atoms with Crippen LogP contribution in [0.4, 0.5) is 10.1 Å². The van der Waals surface area contributed by atoms with Crippen LogP contribution in [0.1, 0.15) is 10.4 Å². The number of hydrogen-bond donors (Lipinski definition) is 2. The van der Waals surface area contributed by atoms with E-state index in [2.05, 4.69) is 25.3 Å². The van der Waals surface area contributed by atoms with Crippen LogP contribution >= 0.6 is 0 Å². The van der Waals surface area contributed by atoms with Gasteiger partial charge in [0.05, 0.1) is 10.8 Å². The predicted molar refractivity (Wildman–Crippen MR) is 136 cm³/mol. The number of fused-ring (bicyclic) bond motifs is 2. The Balaban J connectivity index is 1.29. The summed E-state index contributed by atoms with van der Waals surface area (Å²) in [7, 11) is 0. The van der Waals surface area contributed by atoms with Gasteiger partial charge < -0.3 is 19.6 Å². The molecule has 0 aliphatic rings. The standard InChI is InChI=1S/C27H17FN6O3/c28-16-3-7-18(8-4-16)34-14-22(23(35)20-2-1-12-30-25(20)34)26(36)33-17-5-9-19(10-6-17)37-27-21-11-13-29-24(21)31-15-32-27/h1-15H,(H,33,36)(H,29,31,32). The smallest absolute Gasteiger partial charge is 0.261 e. The Morgan fingerprint density at radius 3 is 2.57 bits per heavy atom. The van der Waals surface area contributed by atoms with Gasteiger partial charge in [0.2, 0.25) is 11.3 Å². The van der Waals surface area contributed by atoms with Gasteiger partial charge in [-0.3, -0.25) is 9.59 Å². The van der Waals surface area contributed by atoms with Crippen molar-refractivity contribution in [3.05, 3.63) is 113 Å². The number of hydrogen-bond acceptors (Lipinski definition) is 6. The van der Waals surface area contributed by atoms with Gasteiger partial charge in [0.15, 0.2) is 0 Å². The van der Waals surface area contributed by atoms with Gasteiger partial charge in [0.25, 0.3) is 5.91 Å². The van der Waals surface area contributed by atoms with E-state index in [1.54, 1.807) is 65.5 Å². The molecule has 10 heteroatoms. The van der Waals surface area contributed by atoms with Crippen LogP contribution in [0.3, 0.4) is 0 Å². The fourth-order valence-electron chi connectivity index (χ4n) is 3.97. The summed E-state index contributed by atoms with van der Waals surface area (Å²) >= 11 is 0. The molecule has 0 saturated carbocycles. The second kappa shape index (κ2) is 9.00. The number of pyridine rings is 2. The van der Waals surface area contributed by atoms with Gasteiger partial charge in [0, 0.05) is 30.0 Å². The fourth-order valence-corrected chi connectivity index (χ4v) is 3.97. The number of amides is 1. The van der Waals surface area contributed by atoms with E-state index in [1.165, 1.54) is 24.7 Å². The average molecular weight is 492 g/mol. The highest BCUT2D eigenvalue weighted by atomic mass is 19.1. The summed E-state index contributed by atoms with van der Waals surface area (Å²) < 4.78 is 20.9. The van der Waals surface area contributed by atoms with Crippen LogP contribution < -0.4 is 15.5 Å². The minimum Gasteiger partial charge on any atom is -0.438 e. The predicted octanol–water partition coefficient (Wildman–Crippen LogP) is 4.84. The largest absolute Gasteiger partial charge is 0.438 e. The van der Waals surface area contributed by atoms with Crippen molar-refractivity contribution >= 4 is 33.7 Å². The van der Waals surface area contributed by atoms with Crippen molar-refractivity contribution in [2.75, 3.05) is 5.32 Å². The molecule has 0 aliphatic heterocycles. The maximum Gasteiger partial charge on any atom is 0.261 e. The quantitative estimate of drug-likeness (QED) is 0.356. The van der Waals surface area contributed by atoms with E-state index in [-0.39, 0.29) is 10.9 Å². The zero-order valence-electron chi connectivity index (χ0n) is 19.1. The van der Waals surface area contributed by atoms with E-state index in [1.807, 2.05) is 6.07 Å². The zero-order valence-corrected chi connectivity index (χ0v) is 19.1. The normalized spacial score (nSPS) is 11.1. The SMILES string of the molecule is O=C(Nc1ccc(Oc2ncnc3[nH]ccc23)cc1)c1cn(-c2ccc(F)cc2)c2ncccc2c1=O. The van der Waals surface area contributed by atoms with Crippen molar-refractivity contribution in [2.45, 2.75) is 0 Å². The Labute approximate surface area is 208 Å². The minimum absolute atomic E-state index is 0.0824. The van der Waals surface area contributed by atoms with Crippen molar-refractivity contribution in [3.63, 3.8) is 0 Å². The van der Waals surface area contributed by atoms with Crippen LogP contribution in [0.5, 0.6) is 11.6 Å². The number of H-pyrrole nitrogens is 1. The number of carbonyl (C=O) groups is 1. The summed E-state index contributed by atoms with van der Waals surface area (Å²) in [6, 6.07) is 17.4. The lowest BCUT2D eigenvalue weighted by Gasteiger charge is -2.13. The topological polar surface area (TPSA) is 115 Å². The number of nitrogens with zero attached hydrogens (tertiary/aromatic N) is 4. The highest BCUT2D eigenvalue weighted by Gasteiger charge is 2.17. The third-order valence-corrected chi connectivity index (χ3v) is 5.76. The first-order chi connectivity index (χ1) is 18.1. The van der Waals surface area contributed by atoms with Gasteiger partial charge in [-0.15, -0.1) is 0 Å². The van der Waals surface area contributed by atoms with E-state index in [0.717, 1.165) is 5.39 Å². The van der Waals surface area contributed by atoms with Gasteiger partial charge in [-0.1, -0.05) is 0 Å². The van der Waals surface area contributed by atoms with E-state index >= 15 is 0 Å². The molecule has 0 spiro atoms. The molecule has 9 nitrogen and oxygen atoms in total. The lowest BCUT2D eigenvalue weighted by molar-refractivity contribution is 0.102. The van der Waals surface area contributed by atoms with Gasteiger partial charge in [-0.05, 0) is 66.7 Å². The van der Waals surface area contributed by atoms with E-state index in [9.17, 15) is 14.0 Å². The molecule has 180 valence electrons. The molecule has 4 heterocycles. The van der Waals surface area contributed by atoms with Gasteiger partial charge >= 0.3 is 0 Å². The Morgan fingerprint density at radius 1 is 0.946 bits per heavy atom. The molecule has 2 aromatic carbocycles. The first-order valence-corrected chi connectivity index (χ1v) is 11.2. The third-order valence-electron chi connectivity index (χ3n) is 5.76. The van der Waals surface area contributed by atoms with Crippen molar-refractivity contribution in [1.29, 1.82) is 0 Å². The van der Waals surface area contributed by atoms with Crippen LogP contribution in [0, 0.1) is 5.82 Å². The minimum atomic E-state index is -0.592. The highest BCUT2D eigenvalue weighted by molar-refractivity contribution is 6.05. The van der Waals surface area contributed by atoms with Gasteiger partial charge in [-0.2, -0.15) is 0 Å². The summed E-state index contributed by atoms with van der Waals surface area (Å²) in [5.74, 6) is -0.0846. The molecule has 0 atom stereocenters. The van der Waals surface area contributed by atoms with Crippen molar-refractivity contribution < 1.29 is 13.9 Å². The molecule has 1 amide bonds. The number of benzene rings is 2. The number of nitrogens with one attached hydrogen (secondary N) is 2. The maximum absolute atomic E-state index is 13.5. The molecule has 0 unspecified atom stereocenters. The molecule has 6 aromatic rings. The maximum atomic E-state index is 13.5.